The summed E-state index contributed by atoms with van der Waals surface area (Å²) in [5.41, 5.74) is 2.15. The normalized spacial score (nSPS) is 12.7. The van der Waals surface area contributed by atoms with Crippen molar-refractivity contribution >= 4 is 45.3 Å². The molecule has 0 radical (unpaired) electrons. The first-order chi connectivity index (χ1) is 17.8. The van der Waals surface area contributed by atoms with Gasteiger partial charge in [-0.3, -0.25) is 9.59 Å². The topological polar surface area (TPSA) is 133 Å². The second-order valence-electron chi connectivity index (χ2n) is 10.1. The number of hydrogen-bond donors (Lipinski definition) is 4. The Kier molecular flexibility index (Phi) is 11.7. The van der Waals surface area contributed by atoms with E-state index in [0.717, 1.165) is 0 Å². The van der Waals surface area contributed by atoms with Crippen molar-refractivity contribution in [2.75, 3.05) is 0 Å². The van der Waals surface area contributed by atoms with E-state index < -0.39 is 35.8 Å². The van der Waals surface area contributed by atoms with E-state index in [1.807, 2.05) is 39.8 Å². The van der Waals surface area contributed by atoms with Crippen molar-refractivity contribution in [3.8, 4) is 0 Å². The minimum atomic E-state index is -1.09. The largest absolute Gasteiger partial charge is 0.480 e. The number of carboxylic acid groups (broad SMARTS) is 2. The molecule has 2 aromatic carbocycles. The van der Waals surface area contributed by atoms with Crippen molar-refractivity contribution < 1.29 is 29.4 Å². The van der Waals surface area contributed by atoms with Gasteiger partial charge in [-0.15, -0.1) is 0 Å². The summed E-state index contributed by atoms with van der Waals surface area (Å²) in [7, 11) is 2.56. The van der Waals surface area contributed by atoms with E-state index in [-0.39, 0.29) is 11.8 Å². The van der Waals surface area contributed by atoms with Crippen molar-refractivity contribution in [1.82, 2.24) is 10.6 Å². The third-order valence-corrected chi connectivity index (χ3v) is 8.22. The van der Waals surface area contributed by atoms with Gasteiger partial charge in [0.1, 0.15) is 12.1 Å². The molecule has 10 heteroatoms. The highest BCUT2D eigenvalue weighted by Crippen LogP contribution is 2.42. The molecule has 0 aliphatic carbocycles. The van der Waals surface area contributed by atoms with Gasteiger partial charge in [0.25, 0.3) is 11.8 Å². The van der Waals surface area contributed by atoms with Crippen LogP contribution in [0.3, 0.4) is 0 Å². The molecule has 8 nitrogen and oxygen atoms in total. The SMILES string of the molecule is Cc1cccc(SSc2cccc(C)c2C(=O)N[C@@H](CC(C)C)C(=O)O)c1C(=O)NC(CC(C)C)C(=O)O. The van der Waals surface area contributed by atoms with Crippen LogP contribution in [0.1, 0.15) is 72.4 Å². The van der Waals surface area contributed by atoms with E-state index in [0.29, 0.717) is 44.9 Å². The minimum absolute atomic E-state index is 0.0878. The van der Waals surface area contributed by atoms with Crippen molar-refractivity contribution in [3.63, 3.8) is 0 Å². The Morgan fingerprint density at radius 3 is 1.32 bits per heavy atom. The number of carbonyl (C=O) groups excluding carboxylic acids is 2. The molecule has 206 valence electrons. The van der Waals surface area contributed by atoms with Crippen molar-refractivity contribution in [2.45, 2.75) is 76.3 Å². The average molecular weight is 561 g/mol. The Bertz CT molecular complexity index is 1090. The molecule has 2 rings (SSSR count). The van der Waals surface area contributed by atoms with Crippen LogP contribution in [0.2, 0.25) is 0 Å². The molecule has 0 aromatic heterocycles. The van der Waals surface area contributed by atoms with Gasteiger partial charge in [0.2, 0.25) is 0 Å². The summed E-state index contributed by atoms with van der Waals surface area (Å²) in [5.74, 6) is -2.94. The minimum Gasteiger partial charge on any atom is -0.480 e. The molecule has 0 spiro atoms. The fraction of sp³-hybridized carbons (Fsp3) is 0.429. The lowest BCUT2D eigenvalue weighted by Gasteiger charge is -2.19. The van der Waals surface area contributed by atoms with Gasteiger partial charge in [-0.05, 0) is 61.8 Å². The van der Waals surface area contributed by atoms with Crippen LogP contribution in [0.15, 0.2) is 46.2 Å². The van der Waals surface area contributed by atoms with Gasteiger partial charge in [0.05, 0.1) is 11.1 Å². The quantitative estimate of drug-likeness (QED) is 0.234. The molecule has 0 aliphatic heterocycles. The molecule has 4 N–H and O–H groups in total. The van der Waals surface area contributed by atoms with Crippen LogP contribution in [-0.2, 0) is 9.59 Å². The van der Waals surface area contributed by atoms with E-state index in [1.165, 1.54) is 21.6 Å². The summed E-state index contributed by atoms with van der Waals surface area (Å²) in [6, 6.07) is 8.73. The zero-order chi connectivity index (χ0) is 28.6. The first kappa shape index (κ1) is 31.2. The predicted molar refractivity (Wildman–Crippen MR) is 151 cm³/mol. The van der Waals surface area contributed by atoms with Crippen LogP contribution >= 0.6 is 21.6 Å². The highest BCUT2D eigenvalue weighted by Gasteiger charge is 2.26. The number of rotatable bonds is 13. The summed E-state index contributed by atoms with van der Waals surface area (Å²) in [6.07, 6.45) is 0.611. The van der Waals surface area contributed by atoms with E-state index in [1.54, 1.807) is 38.1 Å². The van der Waals surface area contributed by atoms with Crippen LogP contribution < -0.4 is 10.6 Å². The number of amides is 2. The van der Waals surface area contributed by atoms with E-state index >= 15 is 0 Å². The predicted octanol–water partition coefficient (Wildman–Crippen LogP) is 5.56. The van der Waals surface area contributed by atoms with Gasteiger partial charge < -0.3 is 20.8 Å². The maximum atomic E-state index is 13.2. The number of carbonyl (C=O) groups is 4. The molecule has 1 unspecified atom stereocenters. The smallest absolute Gasteiger partial charge is 0.326 e. The zero-order valence-corrected chi connectivity index (χ0v) is 24.2. The van der Waals surface area contributed by atoms with Gasteiger partial charge >= 0.3 is 11.9 Å². The number of benzene rings is 2. The summed E-state index contributed by atoms with van der Waals surface area (Å²) in [6.45, 7) is 11.1. The van der Waals surface area contributed by atoms with Crippen molar-refractivity contribution in [1.29, 1.82) is 0 Å². The lowest BCUT2D eigenvalue weighted by Crippen LogP contribution is -2.42. The summed E-state index contributed by atoms with van der Waals surface area (Å²) >= 11 is 0. The fourth-order valence-corrected chi connectivity index (χ4v) is 6.43. The molecule has 0 saturated carbocycles. The second kappa shape index (κ2) is 14.2. The molecule has 2 aromatic rings. The number of nitrogens with one attached hydrogen (secondary N) is 2. The maximum absolute atomic E-state index is 13.2. The Morgan fingerprint density at radius 1 is 0.684 bits per heavy atom. The van der Waals surface area contributed by atoms with Gasteiger partial charge in [0.15, 0.2) is 0 Å². The highest BCUT2D eigenvalue weighted by molar-refractivity contribution is 8.76. The molecule has 0 fully saturated rings. The fourth-order valence-electron chi connectivity index (χ4n) is 3.94. The molecule has 0 bridgehead atoms. The van der Waals surface area contributed by atoms with Crippen LogP contribution in [0.25, 0.3) is 0 Å². The molecule has 2 amide bonds. The van der Waals surface area contributed by atoms with Gasteiger partial charge in [-0.2, -0.15) is 0 Å². The monoisotopic (exact) mass is 560 g/mol. The summed E-state index contributed by atoms with van der Waals surface area (Å²) in [5, 5.41) is 24.4. The van der Waals surface area contributed by atoms with Gasteiger partial charge in [0, 0.05) is 9.79 Å². The Morgan fingerprint density at radius 2 is 1.03 bits per heavy atom. The van der Waals surface area contributed by atoms with Crippen LogP contribution in [0.5, 0.6) is 0 Å². The van der Waals surface area contributed by atoms with Crippen molar-refractivity contribution in [2.24, 2.45) is 11.8 Å². The van der Waals surface area contributed by atoms with Crippen LogP contribution in [0.4, 0.5) is 0 Å². The molecule has 0 saturated heterocycles. The number of aliphatic carboxylic acids is 2. The third-order valence-electron chi connectivity index (χ3n) is 5.77. The molecule has 38 heavy (non-hydrogen) atoms. The number of hydrogen-bond acceptors (Lipinski definition) is 6. The maximum Gasteiger partial charge on any atom is 0.326 e. The molecule has 0 heterocycles. The van der Waals surface area contributed by atoms with E-state index in [2.05, 4.69) is 10.6 Å². The lowest BCUT2D eigenvalue weighted by atomic mass is 10.0. The van der Waals surface area contributed by atoms with Crippen LogP contribution in [-0.4, -0.2) is 46.0 Å². The molecular weight excluding hydrogens is 524 g/mol. The first-order valence-electron chi connectivity index (χ1n) is 12.4. The molecule has 2 atom stereocenters. The standard InChI is InChI=1S/C28H36N2O6S2/c1-15(2)13-19(27(33)34)29-25(31)23-17(5)9-7-11-21(23)37-38-22-12-8-10-18(6)24(22)26(32)30-20(28(35)36)14-16(3)4/h7-12,15-16,19-20H,13-14H2,1-6H3,(H,29,31)(H,30,32)(H,33,34)(H,35,36)/t19-,20?/m0/s1. The van der Waals surface area contributed by atoms with Gasteiger partial charge in [-0.1, -0.05) is 73.5 Å². The van der Waals surface area contributed by atoms with Crippen molar-refractivity contribution in [3.05, 3.63) is 58.7 Å². The Balaban J connectivity index is 2.31. The summed E-state index contributed by atoms with van der Waals surface area (Å²) < 4.78 is 0. The molecular formula is C28H36N2O6S2. The first-order valence-corrected chi connectivity index (χ1v) is 14.6. The average Bonchev–Trinajstić information content (AvgIpc) is 2.80. The van der Waals surface area contributed by atoms with E-state index in [9.17, 15) is 29.4 Å². The van der Waals surface area contributed by atoms with Crippen LogP contribution in [0, 0.1) is 25.7 Å². The summed E-state index contributed by atoms with van der Waals surface area (Å²) in [4.78, 5) is 51.0. The highest BCUT2D eigenvalue weighted by atomic mass is 33.1. The Hall–Kier alpha value is -2.98. The lowest BCUT2D eigenvalue weighted by molar-refractivity contribution is -0.140. The van der Waals surface area contributed by atoms with E-state index in [4.69, 9.17) is 0 Å². The number of aryl methyl sites for hydroxylation is 2. The molecule has 0 aliphatic rings. The number of carboxylic acids is 2. The Labute approximate surface area is 231 Å². The third kappa shape index (κ3) is 8.80. The van der Waals surface area contributed by atoms with Gasteiger partial charge in [-0.25, -0.2) is 9.59 Å². The zero-order valence-electron chi connectivity index (χ0n) is 22.5. The second-order valence-corrected chi connectivity index (χ2v) is 12.3.